The quantitative estimate of drug-likeness (QED) is 0.426. The minimum atomic E-state index is -0.304. The second kappa shape index (κ2) is 8.06. The van der Waals surface area contributed by atoms with Crippen LogP contribution >= 0.6 is 11.6 Å². The normalized spacial score (nSPS) is 17.9. The van der Waals surface area contributed by atoms with Crippen molar-refractivity contribution in [3.63, 3.8) is 0 Å². The summed E-state index contributed by atoms with van der Waals surface area (Å²) < 4.78 is 17.3. The average molecular weight is 481 g/mol. The van der Waals surface area contributed by atoms with E-state index in [1.54, 1.807) is 17.5 Å². The minimum absolute atomic E-state index is 0.0427. The molecule has 1 aliphatic carbocycles. The summed E-state index contributed by atoms with van der Waals surface area (Å²) in [5.41, 5.74) is 2.68. The van der Waals surface area contributed by atoms with Crippen LogP contribution in [-0.4, -0.2) is 50.2 Å². The summed E-state index contributed by atoms with van der Waals surface area (Å²) in [7, 11) is 1.70. The van der Waals surface area contributed by atoms with Crippen molar-refractivity contribution >= 4 is 33.7 Å². The maximum Gasteiger partial charge on any atom is 0.259 e. The molecule has 1 N–H and O–H groups in total. The Hall–Kier alpha value is -2.97. The van der Waals surface area contributed by atoms with Crippen molar-refractivity contribution in [1.29, 1.82) is 0 Å². The lowest BCUT2D eigenvalue weighted by molar-refractivity contribution is -0.0915. The smallest absolute Gasteiger partial charge is 0.259 e. The summed E-state index contributed by atoms with van der Waals surface area (Å²) >= 11 is 6.28. The maximum atomic E-state index is 14.2. The molecule has 4 aromatic rings. The van der Waals surface area contributed by atoms with Crippen molar-refractivity contribution in [2.75, 3.05) is 31.5 Å². The first kappa shape index (κ1) is 21.6. The molecule has 0 radical (unpaired) electrons. The van der Waals surface area contributed by atoms with Gasteiger partial charge in [0.15, 0.2) is 11.5 Å². The first-order valence-corrected chi connectivity index (χ1v) is 12.0. The number of likely N-dealkylation sites (tertiary alicyclic amines) is 1. The molecule has 0 amide bonds. The number of anilines is 1. The Morgan fingerprint density at radius 2 is 2.06 bits per heavy atom. The summed E-state index contributed by atoms with van der Waals surface area (Å²) in [6.45, 7) is 3.76. The molecule has 176 valence electrons. The molecular formula is C25H26ClFN6O. The summed E-state index contributed by atoms with van der Waals surface area (Å²) in [6.07, 6.45) is 6.29. The summed E-state index contributed by atoms with van der Waals surface area (Å²) in [5, 5.41) is 13.1. The monoisotopic (exact) mass is 480 g/mol. The van der Waals surface area contributed by atoms with E-state index in [4.69, 9.17) is 11.6 Å². The van der Waals surface area contributed by atoms with Gasteiger partial charge in [-0.15, -0.1) is 10.2 Å². The second-order valence-electron chi connectivity index (χ2n) is 9.96. The van der Waals surface area contributed by atoms with Gasteiger partial charge >= 0.3 is 0 Å². The van der Waals surface area contributed by atoms with Gasteiger partial charge in [-0.25, -0.2) is 4.39 Å². The highest BCUT2D eigenvalue weighted by atomic mass is 35.5. The van der Waals surface area contributed by atoms with Crippen LogP contribution in [0, 0.1) is 17.2 Å². The number of fused-ring (bicyclic) bond motifs is 2. The molecule has 4 heterocycles. The van der Waals surface area contributed by atoms with Crippen LogP contribution < -0.4 is 10.9 Å². The predicted octanol–water partition coefficient (Wildman–Crippen LogP) is 3.74. The van der Waals surface area contributed by atoms with Gasteiger partial charge in [-0.1, -0.05) is 23.7 Å². The first-order valence-electron chi connectivity index (χ1n) is 11.6. The fourth-order valence-electron chi connectivity index (χ4n) is 5.91. The molecule has 9 heteroatoms. The molecule has 1 saturated carbocycles. The van der Waals surface area contributed by atoms with Crippen LogP contribution in [0.15, 0.2) is 47.7 Å². The van der Waals surface area contributed by atoms with Gasteiger partial charge in [-0.2, -0.15) is 0 Å². The number of hydrogen-bond donors (Lipinski definition) is 1. The van der Waals surface area contributed by atoms with E-state index in [0.717, 1.165) is 36.8 Å². The molecule has 1 aromatic carbocycles. The fourth-order valence-corrected chi connectivity index (χ4v) is 6.09. The lowest BCUT2D eigenvalue weighted by Crippen LogP contribution is -2.63. The number of nitrogens with one attached hydrogen (secondary N) is 1. The molecular weight excluding hydrogens is 455 g/mol. The van der Waals surface area contributed by atoms with Gasteiger partial charge < -0.3 is 14.8 Å². The highest BCUT2D eigenvalue weighted by molar-refractivity contribution is 6.30. The second-order valence-corrected chi connectivity index (χ2v) is 10.3. The SMILES string of the molecule is Cn1c(Cl)cc2c(CC3CC4(C3)CN(CCNc3cc5nncn5cc3F)C4)cccc2c1=O. The van der Waals surface area contributed by atoms with E-state index < -0.39 is 0 Å². The lowest BCUT2D eigenvalue weighted by Gasteiger charge is -2.59. The Morgan fingerprint density at radius 1 is 1.24 bits per heavy atom. The standard InChI is InChI=1S/C25H26ClFN6O/c1-31-22(26)8-19-17(3-2-4-18(19)24(31)34)7-16-10-25(11-16)13-32(14-25)6-5-28-21-9-23-30-29-15-33(23)12-20(21)27/h2-4,8-9,12,15-16,28H,5-7,10-11,13-14H2,1H3. The Bertz CT molecular complexity index is 1450. The average Bonchev–Trinajstić information content (AvgIpc) is 3.21. The highest BCUT2D eigenvalue weighted by Crippen LogP contribution is 2.53. The molecule has 1 aliphatic heterocycles. The highest BCUT2D eigenvalue weighted by Gasteiger charge is 2.51. The van der Waals surface area contributed by atoms with Crippen LogP contribution in [0.2, 0.25) is 5.15 Å². The van der Waals surface area contributed by atoms with Crippen molar-refractivity contribution in [3.8, 4) is 0 Å². The summed E-state index contributed by atoms with van der Waals surface area (Å²) in [5.74, 6) is 0.333. The molecule has 1 saturated heterocycles. The van der Waals surface area contributed by atoms with Crippen LogP contribution in [0.5, 0.6) is 0 Å². The molecule has 0 bridgehead atoms. The molecule has 3 aromatic heterocycles. The largest absolute Gasteiger partial charge is 0.381 e. The number of benzene rings is 1. The molecule has 1 spiro atoms. The minimum Gasteiger partial charge on any atom is -0.381 e. The Labute approximate surface area is 201 Å². The molecule has 2 aliphatic rings. The van der Waals surface area contributed by atoms with Crippen molar-refractivity contribution in [2.24, 2.45) is 18.4 Å². The van der Waals surface area contributed by atoms with E-state index >= 15 is 0 Å². The molecule has 0 unspecified atom stereocenters. The van der Waals surface area contributed by atoms with Gasteiger partial charge in [-0.05, 0) is 53.7 Å². The third-order valence-electron chi connectivity index (χ3n) is 7.51. The van der Waals surface area contributed by atoms with Gasteiger partial charge in [0.25, 0.3) is 5.56 Å². The Kier molecular flexibility index (Phi) is 5.11. The van der Waals surface area contributed by atoms with Gasteiger partial charge in [0, 0.05) is 50.9 Å². The number of rotatable bonds is 6. The molecule has 2 fully saturated rings. The maximum absolute atomic E-state index is 14.2. The molecule has 6 rings (SSSR count). The van der Waals surface area contributed by atoms with Crippen LogP contribution in [0.25, 0.3) is 16.4 Å². The summed E-state index contributed by atoms with van der Waals surface area (Å²) in [6, 6.07) is 9.59. The van der Waals surface area contributed by atoms with E-state index in [1.165, 1.54) is 35.5 Å². The third-order valence-corrected chi connectivity index (χ3v) is 7.88. The fraction of sp³-hybridized carbons (Fsp3) is 0.400. The van der Waals surface area contributed by atoms with E-state index in [-0.39, 0.29) is 11.4 Å². The summed E-state index contributed by atoms with van der Waals surface area (Å²) in [4.78, 5) is 15.0. The van der Waals surface area contributed by atoms with Gasteiger partial charge in [0.1, 0.15) is 11.5 Å². The number of hydrogen-bond acceptors (Lipinski definition) is 5. The van der Waals surface area contributed by atoms with E-state index in [9.17, 15) is 9.18 Å². The lowest BCUT2D eigenvalue weighted by atomic mass is 9.56. The molecule has 0 atom stereocenters. The first-order chi connectivity index (χ1) is 16.4. The number of pyridine rings is 2. The van der Waals surface area contributed by atoms with E-state index in [2.05, 4.69) is 26.5 Å². The number of nitrogens with zero attached hydrogens (tertiary/aromatic N) is 5. The third kappa shape index (κ3) is 3.65. The Balaban J connectivity index is 1.01. The van der Waals surface area contributed by atoms with Gasteiger partial charge in [0.2, 0.25) is 0 Å². The van der Waals surface area contributed by atoms with Crippen molar-refractivity contribution in [1.82, 2.24) is 24.1 Å². The topological polar surface area (TPSA) is 67.5 Å². The van der Waals surface area contributed by atoms with E-state index in [1.807, 2.05) is 18.2 Å². The Morgan fingerprint density at radius 3 is 2.88 bits per heavy atom. The zero-order chi connectivity index (χ0) is 23.4. The number of halogens is 2. The van der Waals surface area contributed by atoms with Gasteiger partial charge in [0.05, 0.1) is 5.69 Å². The van der Waals surface area contributed by atoms with Crippen molar-refractivity contribution in [3.05, 3.63) is 69.7 Å². The van der Waals surface area contributed by atoms with Gasteiger partial charge in [-0.3, -0.25) is 9.20 Å². The predicted molar refractivity (Wildman–Crippen MR) is 131 cm³/mol. The van der Waals surface area contributed by atoms with E-state index in [0.29, 0.717) is 34.4 Å². The van der Waals surface area contributed by atoms with Crippen LogP contribution in [0.1, 0.15) is 18.4 Å². The number of aromatic nitrogens is 4. The van der Waals surface area contributed by atoms with Crippen molar-refractivity contribution in [2.45, 2.75) is 19.3 Å². The molecule has 34 heavy (non-hydrogen) atoms. The van der Waals surface area contributed by atoms with Crippen molar-refractivity contribution < 1.29 is 4.39 Å². The van der Waals surface area contributed by atoms with Crippen LogP contribution in [0.3, 0.4) is 0 Å². The van der Waals surface area contributed by atoms with Crippen LogP contribution in [-0.2, 0) is 13.5 Å². The van der Waals surface area contributed by atoms with Crippen LogP contribution in [0.4, 0.5) is 10.1 Å². The zero-order valence-electron chi connectivity index (χ0n) is 19.0. The zero-order valence-corrected chi connectivity index (χ0v) is 19.7. The molecule has 7 nitrogen and oxygen atoms in total.